The summed E-state index contributed by atoms with van der Waals surface area (Å²) in [5.41, 5.74) is 2.44. The Morgan fingerprint density at radius 1 is 1.35 bits per heavy atom. The molecule has 1 aromatic rings. The molecule has 1 saturated heterocycles. The maximum Gasteiger partial charge on any atom is 0.0559 e. The molecule has 92 valence electrons. The Bertz CT molecular complexity index is 365. The smallest absolute Gasteiger partial charge is 0.0559 e. The molecule has 1 N–H and O–H groups in total. The molecule has 2 heterocycles. The van der Waals surface area contributed by atoms with E-state index in [9.17, 15) is 0 Å². The molecule has 2 rings (SSSR count). The third-order valence-electron chi connectivity index (χ3n) is 3.00. The van der Waals surface area contributed by atoms with Gasteiger partial charge in [0.15, 0.2) is 0 Å². The molecule has 1 fully saturated rings. The van der Waals surface area contributed by atoms with Crippen LogP contribution in [-0.2, 0) is 0 Å². The molecule has 3 nitrogen and oxygen atoms in total. The Labute approximate surface area is 104 Å². The number of nitrogens with one attached hydrogen (secondary N) is 1. The summed E-state index contributed by atoms with van der Waals surface area (Å²) in [7, 11) is 0. The molecule has 3 heteroatoms. The molecule has 0 atom stereocenters. The SMILES string of the molecule is CC/C=C/c1cncc(N2CCCNCC2)c1. The van der Waals surface area contributed by atoms with Crippen molar-refractivity contribution in [2.45, 2.75) is 19.8 Å². The van der Waals surface area contributed by atoms with Gasteiger partial charge in [-0.25, -0.2) is 0 Å². The first-order chi connectivity index (χ1) is 8.40. The van der Waals surface area contributed by atoms with Crippen LogP contribution in [0.4, 0.5) is 5.69 Å². The van der Waals surface area contributed by atoms with Gasteiger partial charge in [-0.2, -0.15) is 0 Å². The van der Waals surface area contributed by atoms with Crippen LogP contribution in [0.25, 0.3) is 6.08 Å². The van der Waals surface area contributed by atoms with Gasteiger partial charge in [0, 0.05) is 25.8 Å². The first-order valence-electron chi connectivity index (χ1n) is 6.47. The zero-order chi connectivity index (χ0) is 11.9. The average molecular weight is 231 g/mol. The largest absolute Gasteiger partial charge is 0.369 e. The summed E-state index contributed by atoms with van der Waals surface area (Å²) in [6, 6.07) is 2.23. The van der Waals surface area contributed by atoms with Gasteiger partial charge in [0.2, 0.25) is 0 Å². The topological polar surface area (TPSA) is 28.2 Å². The first-order valence-corrected chi connectivity index (χ1v) is 6.47. The Morgan fingerprint density at radius 3 is 3.18 bits per heavy atom. The summed E-state index contributed by atoms with van der Waals surface area (Å²) in [5, 5.41) is 3.42. The van der Waals surface area contributed by atoms with E-state index in [-0.39, 0.29) is 0 Å². The van der Waals surface area contributed by atoms with Crippen LogP contribution in [0.5, 0.6) is 0 Å². The van der Waals surface area contributed by atoms with Crippen LogP contribution in [0.2, 0.25) is 0 Å². The summed E-state index contributed by atoms with van der Waals surface area (Å²) in [5.74, 6) is 0. The fraction of sp³-hybridized carbons (Fsp3) is 0.500. The summed E-state index contributed by atoms with van der Waals surface area (Å²) in [6.45, 7) is 6.53. The van der Waals surface area contributed by atoms with Gasteiger partial charge in [-0.1, -0.05) is 19.1 Å². The van der Waals surface area contributed by atoms with Crippen molar-refractivity contribution in [3.05, 3.63) is 30.1 Å². The number of pyridine rings is 1. The average Bonchev–Trinajstić information content (AvgIpc) is 2.65. The van der Waals surface area contributed by atoms with Gasteiger partial charge >= 0.3 is 0 Å². The van der Waals surface area contributed by atoms with E-state index in [4.69, 9.17) is 0 Å². The molecule has 0 saturated carbocycles. The van der Waals surface area contributed by atoms with Gasteiger partial charge in [0.25, 0.3) is 0 Å². The number of aromatic nitrogens is 1. The zero-order valence-corrected chi connectivity index (χ0v) is 10.5. The summed E-state index contributed by atoms with van der Waals surface area (Å²) < 4.78 is 0. The van der Waals surface area contributed by atoms with E-state index in [2.05, 4.69) is 40.3 Å². The Kier molecular flexibility index (Phi) is 4.56. The molecule has 0 amide bonds. The Morgan fingerprint density at radius 2 is 2.29 bits per heavy atom. The van der Waals surface area contributed by atoms with Crippen LogP contribution >= 0.6 is 0 Å². The fourth-order valence-corrected chi connectivity index (χ4v) is 2.07. The lowest BCUT2D eigenvalue weighted by molar-refractivity contribution is 0.724. The van der Waals surface area contributed by atoms with Gasteiger partial charge in [0.1, 0.15) is 0 Å². The van der Waals surface area contributed by atoms with E-state index >= 15 is 0 Å². The molecule has 0 aliphatic carbocycles. The summed E-state index contributed by atoms with van der Waals surface area (Å²) in [4.78, 5) is 6.74. The van der Waals surface area contributed by atoms with E-state index in [1.807, 2.05) is 12.4 Å². The van der Waals surface area contributed by atoms with Crippen molar-refractivity contribution >= 4 is 11.8 Å². The van der Waals surface area contributed by atoms with E-state index in [1.54, 1.807) is 0 Å². The Hall–Kier alpha value is -1.35. The van der Waals surface area contributed by atoms with E-state index in [0.717, 1.165) is 32.6 Å². The van der Waals surface area contributed by atoms with Gasteiger partial charge in [-0.15, -0.1) is 0 Å². The van der Waals surface area contributed by atoms with Crippen LogP contribution in [0.3, 0.4) is 0 Å². The minimum Gasteiger partial charge on any atom is -0.369 e. The number of allylic oxidation sites excluding steroid dienone is 1. The maximum atomic E-state index is 4.33. The van der Waals surface area contributed by atoms with Crippen LogP contribution in [0, 0.1) is 0 Å². The van der Waals surface area contributed by atoms with E-state index in [1.165, 1.54) is 17.7 Å². The zero-order valence-electron chi connectivity index (χ0n) is 10.5. The van der Waals surface area contributed by atoms with Crippen LogP contribution < -0.4 is 10.2 Å². The van der Waals surface area contributed by atoms with Gasteiger partial charge < -0.3 is 10.2 Å². The summed E-state index contributed by atoms with van der Waals surface area (Å²) >= 11 is 0. The lowest BCUT2D eigenvalue weighted by atomic mass is 10.2. The molecule has 0 bridgehead atoms. The number of hydrogen-bond acceptors (Lipinski definition) is 3. The molecular weight excluding hydrogens is 210 g/mol. The fourth-order valence-electron chi connectivity index (χ4n) is 2.07. The Balaban J connectivity index is 2.11. The van der Waals surface area contributed by atoms with Crippen molar-refractivity contribution in [3.8, 4) is 0 Å². The van der Waals surface area contributed by atoms with Crippen molar-refractivity contribution in [1.29, 1.82) is 0 Å². The highest BCUT2D eigenvalue weighted by Gasteiger charge is 2.09. The quantitative estimate of drug-likeness (QED) is 0.865. The van der Waals surface area contributed by atoms with Gasteiger partial charge in [0.05, 0.1) is 11.9 Å². The second-order valence-corrected chi connectivity index (χ2v) is 4.38. The predicted molar refractivity (Wildman–Crippen MR) is 73.3 cm³/mol. The van der Waals surface area contributed by atoms with Gasteiger partial charge in [-0.3, -0.25) is 4.98 Å². The standard InChI is InChI=1S/C14H21N3/c1-2-3-5-13-10-14(12-16-11-13)17-8-4-6-15-7-9-17/h3,5,10-12,15H,2,4,6-9H2,1H3/b5-3+. The van der Waals surface area contributed by atoms with Crippen molar-refractivity contribution < 1.29 is 0 Å². The molecule has 17 heavy (non-hydrogen) atoms. The monoisotopic (exact) mass is 231 g/mol. The molecule has 0 unspecified atom stereocenters. The lowest BCUT2D eigenvalue weighted by Gasteiger charge is -2.22. The molecule has 1 aliphatic rings. The van der Waals surface area contributed by atoms with Crippen molar-refractivity contribution in [3.63, 3.8) is 0 Å². The molecule has 1 aromatic heterocycles. The van der Waals surface area contributed by atoms with Crippen LogP contribution in [0.15, 0.2) is 24.5 Å². The summed E-state index contributed by atoms with van der Waals surface area (Å²) in [6.07, 6.45) is 10.5. The van der Waals surface area contributed by atoms with E-state index < -0.39 is 0 Å². The van der Waals surface area contributed by atoms with Crippen LogP contribution in [-0.4, -0.2) is 31.2 Å². The van der Waals surface area contributed by atoms with Crippen molar-refractivity contribution in [2.24, 2.45) is 0 Å². The predicted octanol–water partition coefficient (Wildman–Crippen LogP) is 2.30. The highest BCUT2D eigenvalue weighted by molar-refractivity contribution is 5.56. The van der Waals surface area contributed by atoms with Crippen molar-refractivity contribution in [2.75, 3.05) is 31.1 Å². The molecule has 0 radical (unpaired) electrons. The van der Waals surface area contributed by atoms with E-state index in [0.29, 0.717) is 0 Å². The third kappa shape index (κ3) is 3.56. The third-order valence-corrected chi connectivity index (χ3v) is 3.00. The van der Waals surface area contributed by atoms with Gasteiger partial charge in [-0.05, 0) is 31.0 Å². The highest BCUT2D eigenvalue weighted by atomic mass is 15.2. The normalized spacial score (nSPS) is 17.4. The lowest BCUT2D eigenvalue weighted by Crippen LogP contribution is -2.27. The molecule has 0 spiro atoms. The molecular formula is C14H21N3. The molecule has 0 aromatic carbocycles. The first kappa shape index (κ1) is 12.1. The van der Waals surface area contributed by atoms with Crippen molar-refractivity contribution in [1.82, 2.24) is 10.3 Å². The maximum absolute atomic E-state index is 4.33. The molecule has 1 aliphatic heterocycles. The highest BCUT2D eigenvalue weighted by Crippen LogP contribution is 2.16. The number of anilines is 1. The minimum absolute atomic E-state index is 1.06. The second kappa shape index (κ2) is 6.40. The second-order valence-electron chi connectivity index (χ2n) is 4.38. The number of rotatable bonds is 3. The minimum atomic E-state index is 1.06. The number of hydrogen-bond donors (Lipinski definition) is 1. The van der Waals surface area contributed by atoms with Crippen LogP contribution in [0.1, 0.15) is 25.3 Å². The number of nitrogens with zero attached hydrogens (tertiary/aromatic N) is 2.